The molecule has 1 rings (SSSR count). The molecule has 1 aromatic heterocycles. The summed E-state index contributed by atoms with van der Waals surface area (Å²) in [6, 6.07) is 0. The summed E-state index contributed by atoms with van der Waals surface area (Å²) in [5.41, 5.74) is 5.59. The number of rotatable bonds is 6. The van der Waals surface area contributed by atoms with Crippen molar-refractivity contribution < 1.29 is 13.6 Å². The third-order valence-corrected chi connectivity index (χ3v) is 3.43. The first kappa shape index (κ1) is 16.0. The molecule has 4 nitrogen and oxygen atoms in total. The summed E-state index contributed by atoms with van der Waals surface area (Å²) in [4.78, 5) is 16.6. The third-order valence-electron chi connectivity index (χ3n) is 2.42. The Hall–Kier alpha value is -1.08. The molecule has 0 atom stereocenters. The van der Waals surface area contributed by atoms with Crippen molar-refractivity contribution in [3.63, 3.8) is 0 Å². The van der Waals surface area contributed by atoms with Crippen LogP contribution in [0.1, 0.15) is 34.2 Å². The third kappa shape index (κ3) is 4.83. The molecular formula is C12H19F2N3OS. The van der Waals surface area contributed by atoms with Gasteiger partial charge in [-0.1, -0.05) is 13.8 Å². The summed E-state index contributed by atoms with van der Waals surface area (Å²) < 4.78 is 26.0. The largest absolute Gasteiger partial charge is 0.345 e. The number of nitrogens with one attached hydrogen (secondary N) is 1. The molecule has 0 aliphatic heterocycles. The van der Waals surface area contributed by atoms with Crippen LogP contribution in [0.15, 0.2) is 0 Å². The molecule has 0 aliphatic carbocycles. The van der Waals surface area contributed by atoms with Gasteiger partial charge in [-0.3, -0.25) is 4.79 Å². The van der Waals surface area contributed by atoms with E-state index in [9.17, 15) is 13.6 Å². The van der Waals surface area contributed by atoms with Gasteiger partial charge in [0, 0.05) is 0 Å². The van der Waals surface area contributed by atoms with Crippen molar-refractivity contribution in [2.75, 3.05) is 13.1 Å². The Labute approximate surface area is 115 Å². The van der Waals surface area contributed by atoms with E-state index in [2.05, 4.69) is 10.3 Å². The number of thiazole rings is 1. The van der Waals surface area contributed by atoms with Gasteiger partial charge in [-0.2, -0.15) is 0 Å². The second-order valence-corrected chi connectivity index (χ2v) is 6.05. The maximum Gasteiger partial charge on any atom is 0.277 e. The number of carbonyl (C=O) groups is 1. The van der Waals surface area contributed by atoms with Crippen LogP contribution in [0.25, 0.3) is 0 Å². The smallest absolute Gasteiger partial charge is 0.277 e. The first-order chi connectivity index (χ1) is 8.75. The van der Waals surface area contributed by atoms with Crippen LogP contribution in [0, 0.1) is 12.8 Å². The first-order valence-corrected chi connectivity index (χ1v) is 6.89. The normalized spacial score (nSPS) is 11.9. The topological polar surface area (TPSA) is 68.0 Å². The lowest BCUT2D eigenvalue weighted by molar-refractivity contribution is 0.0119. The number of amides is 1. The van der Waals surface area contributed by atoms with Crippen LogP contribution in [0.2, 0.25) is 0 Å². The Kier molecular flexibility index (Phi) is 5.37. The maximum atomic E-state index is 13.0. The molecule has 0 saturated carbocycles. The molecule has 0 unspecified atom stereocenters. The van der Waals surface area contributed by atoms with E-state index in [1.165, 1.54) is 11.3 Å². The zero-order valence-corrected chi connectivity index (χ0v) is 12.1. The van der Waals surface area contributed by atoms with Crippen molar-refractivity contribution in [2.45, 2.75) is 33.1 Å². The van der Waals surface area contributed by atoms with E-state index in [-0.39, 0.29) is 0 Å². The number of halogens is 2. The number of hydrogen-bond acceptors (Lipinski definition) is 4. The van der Waals surface area contributed by atoms with E-state index < -0.39 is 24.9 Å². The van der Waals surface area contributed by atoms with Crippen LogP contribution in [-0.4, -0.2) is 29.9 Å². The van der Waals surface area contributed by atoms with Gasteiger partial charge in [-0.15, -0.1) is 11.3 Å². The average molecular weight is 291 g/mol. The molecule has 19 heavy (non-hydrogen) atoms. The Balaban J connectivity index is 2.76. The van der Waals surface area contributed by atoms with Crippen molar-refractivity contribution in [1.29, 1.82) is 0 Å². The van der Waals surface area contributed by atoms with Crippen LogP contribution in [0.4, 0.5) is 8.78 Å². The molecule has 0 saturated heterocycles. The van der Waals surface area contributed by atoms with E-state index >= 15 is 0 Å². The number of aromatic nitrogens is 1. The second-order valence-electron chi connectivity index (χ2n) is 4.85. The van der Waals surface area contributed by atoms with Crippen molar-refractivity contribution in [3.8, 4) is 0 Å². The minimum atomic E-state index is -3.08. The molecule has 7 heteroatoms. The maximum absolute atomic E-state index is 13.0. The van der Waals surface area contributed by atoms with Gasteiger partial charge in [0.1, 0.15) is 4.88 Å². The standard InChI is InChI=1S/C12H19F2N3OS/c1-7(2)4-9-10(19-8(3)17-9)11(18)16-6-12(13,14)5-15/h7H,4-6,15H2,1-3H3,(H,16,18). The molecule has 108 valence electrons. The van der Waals surface area contributed by atoms with Gasteiger partial charge in [0.05, 0.1) is 23.8 Å². The van der Waals surface area contributed by atoms with E-state index in [0.29, 0.717) is 22.9 Å². The monoisotopic (exact) mass is 291 g/mol. The Morgan fingerprint density at radius 3 is 2.68 bits per heavy atom. The highest BCUT2D eigenvalue weighted by molar-refractivity contribution is 7.13. The fourth-order valence-electron chi connectivity index (χ4n) is 1.53. The lowest BCUT2D eigenvalue weighted by atomic mass is 10.1. The highest BCUT2D eigenvalue weighted by Crippen LogP contribution is 2.21. The zero-order valence-electron chi connectivity index (χ0n) is 11.3. The highest BCUT2D eigenvalue weighted by Gasteiger charge is 2.28. The van der Waals surface area contributed by atoms with Gasteiger partial charge >= 0.3 is 0 Å². The fourth-order valence-corrected chi connectivity index (χ4v) is 2.40. The minimum Gasteiger partial charge on any atom is -0.345 e. The van der Waals surface area contributed by atoms with Crippen molar-refractivity contribution in [1.82, 2.24) is 10.3 Å². The number of nitrogens with two attached hydrogens (primary N) is 1. The molecule has 0 fully saturated rings. The second kappa shape index (κ2) is 6.38. The number of aryl methyl sites for hydroxylation is 1. The summed E-state index contributed by atoms with van der Waals surface area (Å²) in [5.74, 6) is -3.24. The van der Waals surface area contributed by atoms with Gasteiger partial charge in [0.15, 0.2) is 0 Å². The molecule has 1 heterocycles. The molecule has 0 spiro atoms. The van der Waals surface area contributed by atoms with Crippen molar-refractivity contribution in [2.24, 2.45) is 11.7 Å². The lowest BCUT2D eigenvalue weighted by Crippen LogP contribution is -2.41. The summed E-state index contributed by atoms with van der Waals surface area (Å²) >= 11 is 1.22. The van der Waals surface area contributed by atoms with Crippen LogP contribution in [-0.2, 0) is 6.42 Å². The summed E-state index contributed by atoms with van der Waals surface area (Å²) in [7, 11) is 0. The summed E-state index contributed by atoms with van der Waals surface area (Å²) in [6.07, 6.45) is 0.653. The average Bonchev–Trinajstić information content (AvgIpc) is 2.66. The zero-order chi connectivity index (χ0) is 14.6. The van der Waals surface area contributed by atoms with E-state index in [1.54, 1.807) is 6.92 Å². The molecule has 1 aromatic rings. The van der Waals surface area contributed by atoms with E-state index in [1.807, 2.05) is 13.8 Å². The van der Waals surface area contributed by atoms with Crippen LogP contribution in [0.3, 0.4) is 0 Å². The molecule has 0 aliphatic rings. The predicted octanol–water partition coefficient (Wildman–Crippen LogP) is 1.97. The van der Waals surface area contributed by atoms with Gasteiger partial charge < -0.3 is 11.1 Å². The Morgan fingerprint density at radius 2 is 2.16 bits per heavy atom. The molecule has 0 bridgehead atoms. The Bertz CT molecular complexity index is 446. The van der Waals surface area contributed by atoms with Gasteiger partial charge in [0.25, 0.3) is 11.8 Å². The molecule has 3 N–H and O–H groups in total. The summed E-state index contributed by atoms with van der Waals surface area (Å²) in [5, 5.41) is 2.97. The van der Waals surface area contributed by atoms with Gasteiger partial charge in [-0.05, 0) is 19.3 Å². The SMILES string of the molecule is Cc1nc(CC(C)C)c(C(=O)NCC(F)(F)CN)s1. The summed E-state index contributed by atoms with van der Waals surface area (Å²) in [6.45, 7) is 4.28. The predicted molar refractivity (Wildman–Crippen MR) is 71.7 cm³/mol. The van der Waals surface area contributed by atoms with Crippen molar-refractivity contribution in [3.05, 3.63) is 15.6 Å². The van der Waals surface area contributed by atoms with E-state index in [0.717, 1.165) is 5.01 Å². The number of hydrogen-bond donors (Lipinski definition) is 2. The van der Waals surface area contributed by atoms with Crippen molar-refractivity contribution >= 4 is 17.2 Å². The van der Waals surface area contributed by atoms with E-state index in [4.69, 9.17) is 5.73 Å². The lowest BCUT2D eigenvalue weighted by Gasteiger charge is -2.14. The molecule has 1 amide bonds. The molecule has 0 aromatic carbocycles. The van der Waals surface area contributed by atoms with Gasteiger partial charge in [-0.25, -0.2) is 13.8 Å². The first-order valence-electron chi connectivity index (χ1n) is 6.07. The van der Waals surface area contributed by atoms with Gasteiger partial charge in [0.2, 0.25) is 0 Å². The number of nitrogens with zero attached hydrogens (tertiary/aromatic N) is 1. The molecule has 0 radical (unpaired) electrons. The highest BCUT2D eigenvalue weighted by atomic mass is 32.1. The minimum absolute atomic E-state index is 0.346. The fraction of sp³-hybridized carbons (Fsp3) is 0.667. The number of alkyl halides is 2. The van der Waals surface area contributed by atoms with Crippen LogP contribution in [0.5, 0.6) is 0 Å². The van der Waals surface area contributed by atoms with Crippen LogP contribution >= 0.6 is 11.3 Å². The number of carbonyl (C=O) groups excluding carboxylic acids is 1. The van der Waals surface area contributed by atoms with Crippen LogP contribution < -0.4 is 11.1 Å². The Morgan fingerprint density at radius 1 is 1.53 bits per heavy atom. The quantitative estimate of drug-likeness (QED) is 0.842. The molecular weight excluding hydrogens is 272 g/mol.